The first-order chi connectivity index (χ1) is 7.75. The maximum Gasteiger partial charge on any atom is 0.0594 e. The number of aliphatic hydroxyl groups excluding tert-OH is 1. The topological polar surface area (TPSA) is 29.5 Å². The average Bonchev–Trinajstić information content (AvgIpc) is 2.81. The minimum absolute atomic E-state index is 0.205. The Morgan fingerprint density at radius 2 is 2.12 bits per heavy atom. The Balaban J connectivity index is 1.80. The molecule has 88 valence electrons. The van der Waals surface area contributed by atoms with Crippen LogP contribution in [0.3, 0.4) is 0 Å². The normalized spacial score (nSPS) is 22.2. The summed E-state index contributed by atoms with van der Waals surface area (Å²) < 4.78 is 5.29. The Hall–Kier alpha value is -0.860. The van der Waals surface area contributed by atoms with Crippen molar-refractivity contribution < 1.29 is 9.84 Å². The molecule has 16 heavy (non-hydrogen) atoms. The molecule has 2 rings (SSSR count). The number of hydrogen-bond acceptors (Lipinski definition) is 2. The molecule has 2 unspecified atom stereocenters. The van der Waals surface area contributed by atoms with Gasteiger partial charge in [-0.25, -0.2) is 0 Å². The summed E-state index contributed by atoms with van der Waals surface area (Å²) in [5, 5.41) is 9.98. The van der Waals surface area contributed by atoms with E-state index in [2.05, 4.69) is 31.2 Å². The molecule has 1 aliphatic heterocycles. The highest BCUT2D eigenvalue weighted by Gasteiger charge is 2.23. The number of aliphatic hydroxyl groups is 1. The summed E-state index contributed by atoms with van der Waals surface area (Å²) >= 11 is 0. The summed E-state index contributed by atoms with van der Waals surface area (Å²) in [4.78, 5) is 0. The van der Waals surface area contributed by atoms with Crippen LogP contribution in [-0.4, -0.2) is 24.4 Å². The molecule has 1 aromatic carbocycles. The van der Waals surface area contributed by atoms with Gasteiger partial charge in [0.05, 0.1) is 12.7 Å². The fourth-order valence-electron chi connectivity index (χ4n) is 2.16. The predicted molar refractivity (Wildman–Crippen MR) is 64.4 cm³/mol. The van der Waals surface area contributed by atoms with Gasteiger partial charge in [0.2, 0.25) is 0 Å². The van der Waals surface area contributed by atoms with E-state index in [-0.39, 0.29) is 6.10 Å². The predicted octanol–water partition coefficient (Wildman–Crippen LogP) is 2.33. The van der Waals surface area contributed by atoms with Crippen LogP contribution in [-0.2, 0) is 11.2 Å². The van der Waals surface area contributed by atoms with E-state index in [9.17, 15) is 5.11 Å². The first kappa shape index (κ1) is 11.6. The summed E-state index contributed by atoms with van der Waals surface area (Å²) in [6, 6.07) is 8.54. The first-order valence-electron chi connectivity index (χ1n) is 6.07. The smallest absolute Gasteiger partial charge is 0.0594 e. The lowest BCUT2D eigenvalue weighted by atomic mass is 9.95. The van der Waals surface area contributed by atoms with E-state index >= 15 is 0 Å². The number of benzene rings is 1. The van der Waals surface area contributed by atoms with E-state index in [1.54, 1.807) is 0 Å². The highest BCUT2D eigenvalue weighted by molar-refractivity contribution is 5.21. The average molecular weight is 220 g/mol. The zero-order chi connectivity index (χ0) is 11.4. The van der Waals surface area contributed by atoms with Gasteiger partial charge in [0, 0.05) is 12.5 Å². The van der Waals surface area contributed by atoms with Crippen molar-refractivity contribution in [2.24, 2.45) is 5.92 Å². The highest BCUT2D eigenvalue weighted by Crippen LogP contribution is 2.20. The number of hydrogen-bond donors (Lipinski definition) is 1. The quantitative estimate of drug-likeness (QED) is 0.844. The van der Waals surface area contributed by atoms with Crippen LogP contribution < -0.4 is 0 Å². The Kier molecular flexibility index (Phi) is 3.97. The molecule has 1 aliphatic rings. The van der Waals surface area contributed by atoms with Crippen molar-refractivity contribution >= 4 is 0 Å². The second-order valence-corrected chi connectivity index (χ2v) is 4.72. The second kappa shape index (κ2) is 5.46. The zero-order valence-electron chi connectivity index (χ0n) is 9.86. The molecule has 0 spiro atoms. The zero-order valence-corrected chi connectivity index (χ0v) is 9.86. The van der Waals surface area contributed by atoms with Crippen molar-refractivity contribution in [3.63, 3.8) is 0 Å². The van der Waals surface area contributed by atoms with Crippen molar-refractivity contribution in [2.45, 2.75) is 32.3 Å². The molecule has 0 aliphatic carbocycles. The third-order valence-electron chi connectivity index (χ3n) is 3.36. The third kappa shape index (κ3) is 3.06. The summed E-state index contributed by atoms with van der Waals surface area (Å²) in [5.74, 6) is 0.352. The summed E-state index contributed by atoms with van der Waals surface area (Å²) in [6.45, 7) is 3.63. The van der Waals surface area contributed by atoms with Crippen molar-refractivity contribution in [3.8, 4) is 0 Å². The Bertz CT molecular complexity index is 312. The van der Waals surface area contributed by atoms with E-state index in [0.29, 0.717) is 5.92 Å². The number of aryl methyl sites for hydroxylation is 2. The standard InChI is InChI=1S/C14H20O2/c1-11-2-4-12(5-3-11)6-7-14(15)13-8-9-16-10-13/h2-5,13-15H,6-10H2,1H3. The minimum atomic E-state index is -0.205. The molecule has 1 fully saturated rings. The molecule has 2 heteroatoms. The molecule has 1 saturated heterocycles. The van der Waals surface area contributed by atoms with E-state index in [4.69, 9.17) is 4.74 Å². The van der Waals surface area contributed by atoms with Crippen LogP contribution in [0.15, 0.2) is 24.3 Å². The van der Waals surface area contributed by atoms with Gasteiger partial charge >= 0.3 is 0 Å². The van der Waals surface area contributed by atoms with Crippen LogP contribution in [0.2, 0.25) is 0 Å². The first-order valence-corrected chi connectivity index (χ1v) is 6.07. The lowest BCUT2D eigenvalue weighted by Gasteiger charge is -2.16. The molecular formula is C14H20O2. The molecule has 2 nitrogen and oxygen atoms in total. The summed E-state index contributed by atoms with van der Waals surface area (Å²) in [5.41, 5.74) is 2.59. The molecular weight excluding hydrogens is 200 g/mol. The maximum atomic E-state index is 9.98. The van der Waals surface area contributed by atoms with Gasteiger partial charge in [-0.05, 0) is 31.7 Å². The summed E-state index contributed by atoms with van der Waals surface area (Å²) in [6.07, 6.45) is 2.60. The van der Waals surface area contributed by atoms with Crippen molar-refractivity contribution in [1.29, 1.82) is 0 Å². The van der Waals surface area contributed by atoms with Crippen LogP contribution in [0, 0.1) is 12.8 Å². The Morgan fingerprint density at radius 1 is 1.38 bits per heavy atom. The molecule has 0 saturated carbocycles. The van der Waals surface area contributed by atoms with E-state index in [1.807, 2.05) is 0 Å². The second-order valence-electron chi connectivity index (χ2n) is 4.72. The fraction of sp³-hybridized carbons (Fsp3) is 0.571. The molecule has 1 aromatic rings. The van der Waals surface area contributed by atoms with Gasteiger partial charge in [0.1, 0.15) is 0 Å². The van der Waals surface area contributed by atoms with Gasteiger partial charge in [-0.1, -0.05) is 29.8 Å². The molecule has 1 N–H and O–H groups in total. The largest absolute Gasteiger partial charge is 0.393 e. The highest BCUT2D eigenvalue weighted by atomic mass is 16.5. The maximum absolute atomic E-state index is 9.98. The molecule has 0 bridgehead atoms. The number of rotatable bonds is 4. The van der Waals surface area contributed by atoms with Gasteiger partial charge in [-0.15, -0.1) is 0 Å². The van der Waals surface area contributed by atoms with Crippen molar-refractivity contribution in [1.82, 2.24) is 0 Å². The van der Waals surface area contributed by atoms with Crippen LogP contribution in [0.25, 0.3) is 0 Å². The molecule has 2 atom stereocenters. The monoisotopic (exact) mass is 220 g/mol. The molecule has 0 radical (unpaired) electrons. The Morgan fingerprint density at radius 3 is 2.75 bits per heavy atom. The lowest BCUT2D eigenvalue weighted by Crippen LogP contribution is -2.21. The summed E-state index contributed by atoms with van der Waals surface area (Å²) in [7, 11) is 0. The van der Waals surface area contributed by atoms with Gasteiger partial charge in [0.25, 0.3) is 0 Å². The van der Waals surface area contributed by atoms with Crippen LogP contribution in [0.1, 0.15) is 24.0 Å². The minimum Gasteiger partial charge on any atom is -0.393 e. The van der Waals surface area contributed by atoms with Crippen LogP contribution >= 0.6 is 0 Å². The van der Waals surface area contributed by atoms with Crippen LogP contribution in [0.5, 0.6) is 0 Å². The van der Waals surface area contributed by atoms with E-state index in [0.717, 1.165) is 32.5 Å². The third-order valence-corrected chi connectivity index (χ3v) is 3.36. The van der Waals surface area contributed by atoms with Crippen LogP contribution in [0.4, 0.5) is 0 Å². The lowest BCUT2D eigenvalue weighted by molar-refractivity contribution is 0.0851. The Labute approximate surface area is 97.3 Å². The van der Waals surface area contributed by atoms with E-state index in [1.165, 1.54) is 11.1 Å². The van der Waals surface area contributed by atoms with Crippen molar-refractivity contribution in [2.75, 3.05) is 13.2 Å². The van der Waals surface area contributed by atoms with Gasteiger partial charge in [-0.2, -0.15) is 0 Å². The molecule has 0 amide bonds. The molecule has 1 heterocycles. The van der Waals surface area contributed by atoms with Gasteiger partial charge < -0.3 is 9.84 Å². The SMILES string of the molecule is Cc1ccc(CCC(O)C2CCOC2)cc1. The van der Waals surface area contributed by atoms with Gasteiger partial charge in [0.15, 0.2) is 0 Å². The van der Waals surface area contributed by atoms with Gasteiger partial charge in [-0.3, -0.25) is 0 Å². The fourth-order valence-corrected chi connectivity index (χ4v) is 2.16. The molecule has 0 aromatic heterocycles. The number of ether oxygens (including phenoxy) is 1. The van der Waals surface area contributed by atoms with E-state index < -0.39 is 0 Å². The van der Waals surface area contributed by atoms with Crippen molar-refractivity contribution in [3.05, 3.63) is 35.4 Å².